The lowest BCUT2D eigenvalue weighted by molar-refractivity contribution is 0.220. The third kappa shape index (κ3) is 5.01. The Kier molecular flexibility index (Phi) is 7.24. The van der Waals surface area contributed by atoms with E-state index < -0.39 is 0 Å². The molecular formula is C19H23Cl2N. The minimum atomic E-state index is 0.306. The molecule has 118 valence electrons. The molecule has 0 aliphatic rings. The van der Waals surface area contributed by atoms with Gasteiger partial charge in [0.1, 0.15) is 0 Å². The van der Waals surface area contributed by atoms with Gasteiger partial charge in [0.25, 0.3) is 0 Å². The largest absolute Gasteiger partial charge is 0.294 e. The summed E-state index contributed by atoms with van der Waals surface area (Å²) in [5.41, 5.74) is 3.97. The van der Waals surface area contributed by atoms with Crippen LogP contribution in [0.2, 0.25) is 0 Å². The molecule has 1 nitrogen and oxygen atoms in total. The standard InChI is InChI=1S/C19H23Cl2N/c1-16-6-5-7-17(14-16)15-19(18-8-3-2-4-9-18)22(12-10-20)13-11-21/h2-9,14,19H,10-13,15H2,1H3. The van der Waals surface area contributed by atoms with Crippen molar-refractivity contribution in [1.82, 2.24) is 4.90 Å². The molecule has 0 aromatic heterocycles. The molecule has 0 saturated carbocycles. The van der Waals surface area contributed by atoms with Crippen molar-refractivity contribution in [3.05, 3.63) is 71.3 Å². The Morgan fingerprint density at radius 1 is 0.909 bits per heavy atom. The summed E-state index contributed by atoms with van der Waals surface area (Å²) >= 11 is 12.0. The van der Waals surface area contributed by atoms with E-state index in [0.717, 1.165) is 19.5 Å². The van der Waals surface area contributed by atoms with Gasteiger partial charge in [0.2, 0.25) is 0 Å². The van der Waals surface area contributed by atoms with Gasteiger partial charge in [-0.05, 0) is 24.5 Å². The van der Waals surface area contributed by atoms with Crippen LogP contribution < -0.4 is 0 Å². The molecule has 0 fully saturated rings. The van der Waals surface area contributed by atoms with E-state index >= 15 is 0 Å². The Bertz CT molecular complexity index is 550. The first-order valence-electron chi connectivity index (χ1n) is 7.71. The molecule has 0 heterocycles. The normalized spacial score (nSPS) is 12.5. The molecule has 0 spiro atoms. The number of aryl methyl sites for hydroxylation is 1. The van der Waals surface area contributed by atoms with E-state index in [2.05, 4.69) is 66.4 Å². The first-order valence-corrected chi connectivity index (χ1v) is 8.78. The fourth-order valence-electron chi connectivity index (χ4n) is 2.84. The predicted octanol–water partition coefficient (Wildman–Crippen LogP) is 5.06. The molecule has 22 heavy (non-hydrogen) atoms. The number of benzene rings is 2. The number of rotatable bonds is 8. The SMILES string of the molecule is Cc1cccc(CC(c2ccccc2)N(CCCl)CCCl)c1. The smallest absolute Gasteiger partial charge is 0.0389 e. The maximum absolute atomic E-state index is 6.01. The summed E-state index contributed by atoms with van der Waals surface area (Å²) in [4.78, 5) is 2.39. The molecule has 0 amide bonds. The van der Waals surface area contributed by atoms with Crippen molar-refractivity contribution in [2.24, 2.45) is 0 Å². The summed E-state index contributed by atoms with van der Waals surface area (Å²) < 4.78 is 0. The van der Waals surface area contributed by atoms with Crippen LogP contribution in [-0.4, -0.2) is 29.7 Å². The van der Waals surface area contributed by atoms with Crippen molar-refractivity contribution in [2.45, 2.75) is 19.4 Å². The maximum Gasteiger partial charge on any atom is 0.0389 e. The van der Waals surface area contributed by atoms with E-state index in [0.29, 0.717) is 17.8 Å². The van der Waals surface area contributed by atoms with Gasteiger partial charge >= 0.3 is 0 Å². The third-order valence-corrected chi connectivity index (χ3v) is 4.22. The fourth-order valence-corrected chi connectivity index (χ4v) is 3.27. The van der Waals surface area contributed by atoms with E-state index in [4.69, 9.17) is 23.2 Å². The maximum atomic E-state index is 6.01. The van der Waals surface area contributed by atoms with Gasteiger partial charge in [-0.1, -0.05) is 60.2 Å². The van der Waals surface area contributed by atoms with Crippen molar-refractivity contribution in [3.8, 4) is 0 Å². The molecular weight excluding hydrogens is 313 g/mol. The van der Waals surface area contributed by atoms with Crippen molar-refractivity contribution in [3.63, 3.8) is 0 Å². The summed E-state index contributed by atoms with van der Waals surface area (Å²) in [6.07, 6.45) is 0.972. The van der Waals surface area contributed by atoms with Gasteiger partial charge in [-0.2, -0.15) is 0 Å². The number of alkyl halides is 2. The minimum absolute atomic E-state index is 0.306. The van der Waals surface area contributed by atoms with Gasteiger partial charge < -0.3 is 0 Å². The van der Waals surface area contributed by atoms with Gasteiger partial charge in [0, 0.05) is 30.9 Å². The molecule has 0 aliphatic carbocycles. The summed E-state index contributed by atoms with van der Waals surface area (Å²) in [6.45, 7) is 3.83. The number of nitrogens with zero attached hydrogens (tertiary/aromatic N) is 1. The molecule has 2 rings (SSSR count). The highest BCUT2D eigenvalue weighted by molar-refractivity contribution is 6.18. The molecule has 0 bridgehead atoms. The van der Waals surface area contributed by atoms with Crippen LogP contribution in [0.1, 0.15) is 22.7 Å². The first kappa shape index (κ1) is 17.3. The molecule has 2 aromatic rings. The van der Waals surface area contributed by atoms with E-state index in [1.807, 2.05) is 0 Å². The minimum Gasteiger partial charge on any atom is -0.294 e. The highest BCUT2D eigenvalue weighted by Gasteiger charge is 2.20. The average Bonchev–Trinajstić information content (AvgIpc) is 2.53. The lowest BCUT2D eigenvalue weighted by atomic mass is 9.96. The van der Waals surface area contributed by atoms with Crippen LogP contribution in [0.15, 0.2) is 54.6 Å². The van der Waals surface area contributed by atoms with Crippen molar-refractivity contribution < 1.29 is 0 Å². The van der Waals surface area contributed by atoms with Crippen LogP contribution >= 0.6 is 23.2 Å². The number of hydrogen-bond acceptors (Lipinski definition) is 1. The topological polar surface area (TPSA) is 3.24 Å². The second-order valence-corrected chi connectivity index (χ2v) is 6.29. The van der Waals surface area contributed by atoms with E-state index in [-0.39, 0.29) is 0 Å². The van der Waals surface area contributed by atoms with Crippen molar-refractivity contribution >= 4 is 23.2 Å². The van der Waals surface area contributed by atoms with Gasteiger partial charge in [0.15, 0.2) is 0 Å². The van der Waals surface area contributed by atoms with Crippen LogP contribution in [0.25, 0.3) is 0 Å². The summed E-state index contributed by atoms with van der Waals surface area (Å²) in [5.74, 6) is 1.24. The van der Waals surface area contributed by atoms with Crippen LogP contribution in [0.5, 0.6) is 0 Å². The third-order valence-electron chi connectivity index (χ3n) is 3.88. The van der Waals surface area contributed by atoms with Crippen molar-refractivity contribution in [2.75, 3.05) is 24.8 Å². The van der Waals surface area contributed by atoms with Gasteiger partial charge in [-0.25, -0.2) is 0 Å². The average molecular weight is 336 g/mol. The molecule has 0 aliphatic heterocycles. The monoisotopic (exact) mass is 335 g/mol. The van der Waals surface area contributed by atoms with Gasteiger partial charge in [-0.15, -0.1) is 23.2 Å². The van der Waals surface area contributed by atoms with E-state index in [1.54, 1.807) is 0 Å². The zero-order valence-electron chi connectivity index (χ0n) is 13.0. The van der Waals surface area contributed by atoms with E-state index in [1.165, 1.54) is 16.7 Å². The molecule has 0 radical (unpaired) electrons. The van der Waals surface area contributed by atoms with Crippen molar-refractivity contribution in [1.29, 1.82) is 0 Å². The molecule has 1 atom stereocenters. The van der Waals surface area contributed by atoms with Crippen LogP contribution in [0.4, 0.5) is 0 Å². The molecule has 1 unspecified atom stereocenters. The lowest BCUT2D eigenvalue weighted by Crippen LogP contribution is -2.33. The summed E-state index contributed by atoms with van der Waals surface area (Å²) in [5, 5.41) is 0. The zero-order valence-corrected chi connectivity index (χ0v) is 14.5. The lowest BCUT2D eigenvalue weighted by Gasteiger charge is -2.31. The van der Waals surface area contributed by atoms with Gasteiger partial charge in [-0.3, -0.25) is 4.90 Å². The molecule has 2 aromatic carbocycles. The Balaban J connectivity index is 2.28. The summed E-state index contributed by atoms with van der Waals surface area (Å²) in [6, 6.07) is 19.7. The quantitative estimate of drug-likeness (QED) is 0.609. The number of halogens is 2. The Labute approximate surface area is 143 Å². The molecule has 0 saturated heterocycles. The Morgan fingerprint density at radius 2 is 1.59 bits per heavy atom. The Hall–Kier alpha value is -1.02. The molecule has 3 heteroatoms. The zero-order chi connectivity index (χ0) is 15.8. The summed E-state index contributed by atoms with van der Waals surface area (Å²) in [7, 11) is 0. The molecule has 0 N–H and O–H groups in total. The van der Waals surface area contributed by atoms with E-state index in [9.17, 15) is 0 Å². The second-order valence-electron chi connectivity index (χ2n) is 5.53. The highest BCUT2D eigenvalue weighted by atomic mass is 35.5. The first-order chi connectivity index (χ1) is 10.7. The highest BCUT2D eigenvalue weighted by Crippen LogP contribution is 2.25. The van der Waals surface area contributed by atoms with Crippen LogP contribution in [0, 0.1) is 6.92 Å². The van der Waals surface area contributed by atoms with Crippen LogP contribution in [-0.2, 0) is 6.42 Å². The number of hydrogen-bond donors (Lipinski definition) is 0. The second kappa shape index (κ2) is 9.19. The predicted molar refractivity (Wildman–Crippen MR) is 97.1 cm³/mol. The fraction of sp³-hybridized carbons (Fsp3) is 0.368. The Morgan fingerprint density at radius 3 is 2.18 bits per heavy atom. The van der Waals surface area contributed by atoms with Crippen LogP contribution in [0.3, 0.4) is 0 Å². The van der Waals surface area contributed by atoms with Gasteiger partial charge in [0.05, 0.1) is 0 Å².